The van der Waals surface area contributed by atoms with Gasteiger partial charge in [0.15, 0.2) is 0 Å². The molecule has 0 aromatic carbocycles. The molecule has 0 amide bonds. The van der Waals surface area contributed by atoms with Gasteiger partial charge in [-0.2, -0.15) is 5.06 Å². The fraction of sp³-hybridized carbons (Fsp3) is 1.00. The molecule has 1 unspecified atom stereocenters. The number of hydrogen-bond acceptors (Lipinski definition) is 4. The smallest absolute Gasteiger partial charge is 0.105 e. The molecule has 2 N–H and O–H groups in total. The van der Waals surface area contributed by atoms with Crippen molar-refractivity contribution in [2.45, 2.75) is 51.9 Å². The maximum absolute atomic E-state index is 9.76. The minimum Gasteiger partial charge on any atom is -0.379 e. The van der Waals surface area contributed by atoms with Gasteiger partial charge in [0.05, 0.1) is 0 Å². The molecule has 1 saturated heterocycles. The van der Waals surface area contributed by atoms with Gasteiger partial charge in [0, 0.05) is 24.2 Å². The summed E-state index contributed by atoms with van der Waals surface area (Å²) in [5.41, 5.74) is -0.435. The van der Waals surface area contributed by atoms with Crippen LogP contribution in [0.15, 0.2) is 0 Å². The predicted octanol–water partition coefficient (Wildman–Crippen LogP) is 0.889. The normalized spacial score (nSPS) is 30.2. The Morgan fingerprint density at radius 1 is 1.07 bits per heavy atom. The fourth-order valence-electron chi connectivity index (χ4n) is 2.93. The van der Waals surface area contributed by atoms with Crippen LogP contribution in [0.5, 0.6) is 0 Å². The number of hydroxylamine groups is 2. The second-order valence-electron chi connectivity index (χ2n) is 5.45. The van der Waals surface area contributed by atoms with E-state index in [-0.39, 0.29) is 11.1 Å². The van der Waals surface area contributed by atoms with Gasteiger partial charge in [0.2, 0.25) is 0 Å². The van der Waals surface area contributed by atoms with E-state index in [4.69, 9.17) is 0 Å². The van der Waals surface area contributed by atoms with Crippen LogP contribution in [0.2, 0.25) is 0 Å². The Balaban J connectivity index is 2.97. The molecule has 4 heteroatoms. The Morgan fingerprint density at radius 3 is 1.71 bits per heavy atom. The van der Waals surface area contributed by atoms with Gasteiger partial charge in [0.1, 0.15) is 6.23 Å². The van der Waals surface area contributed by atoms with Gasteiger partial charge in [-0.3, -0.25) is 4.90 Å². The minimum atomic E-state index is -0.492. The highest BCUT2D eigenvalue weighted by atomic mass is 16.5. The number of aliphatic hydroxyl groups excluding tert-OH is 1. The third-order valence-electron chi connectivity index (χ3n) is 2.82. The molecule has 0 bridgehead atoms. The molecule has 0 aliphatic carbocycles. The highest BCUT2D eigenvalue weighted by molar-refractivity contribution is 4.99. The molecule has 0 radical (unpaired) electrons. The van der Waals surface area contributed by atoms with E-state index in [0.717, 1.165) is 0 Å². The highest BCUT2D eigenvalue weighted by Crippen LogP contribution is 2.32. The molecule has 1 heterocycles. The summed E-state index contributed by atoms with van der Waals surface area (Å²) in [7, 11) is 0. The van der Waals surface area contributed by atoms with Crippen LogP contribution in [-0.2, 0) is 0 Å². The number of rotatable bonds is 1. The third-order valence-corrected chi connectivity index (χ3v) is 2.82. The van der Waals surface area contributed by atoms with E-state index in [9.17, 15) is 10.3 Å². The van der Waals surface area contributed by atoms with Crippen LogP contribution in [0.3, 0.4) is 0 Å². The molecular formula is C10H22N2O2. The molecule has 84 valence electrons. The standard InChI is InChI=1S/C10H22N2O2/c1-8(13)12-9(2,3)6-11(14)7-10(12,4)5/h8,13-14H,6-7H2,1-5H3. The van der Waals surface area contributed by atoms with Crippen molar-refractivity contribution in [2.24, 2.45) is 0 Å². The van der Waals surface area contributed by atoms with Crippen molar-refractivity contribution < 1.29 is 10.3 Å². The summed E-state index contributed by atoms with van der Waals surface area (Å²) in [6.07, 6.45) is -0.492. The summed E-state index contributed by atoms with van der Waals surface area (Å²) < 4.78 is 0. The first-order valence-electron chi connectivity index (χ1n) is 5.08. The monoisotopic (exact) mass is 202 g/mol. The van der Waals surface area contributed by atoms with E-state index >= 15 is 0 Å². The molecule has 1 fully saturated rings. The average molecular weight is 202 g/mol. The molecule has 1 aliphatic rings. The Kier molecular flexibility index (Phi) is 2.94. The largest absolute Gasteiger partial charge is 0.379 e. The zero-order chi connectivity index (χ0) is 11.1. The van der Waals surface area contributed by atoms with Crippen LogP contribution >= 0.6 is 0 Å². The summed E-state index contributed by atoms with van der Waals surface area (Å²) in [5, 5.41) is 20.7. The van der Waals surface area contributed by atoms with Gasteiger partial charge in [-0.1, -0.05) is 0 Å². The topological polar surface area (TPSA) is 46.9 Å². The van der Waals surface area contributed by atoms with Gasteiger partial charge < -0.3 is 10.3 Å². The summed E-state index contributed by atoms with van der Waals surface area (Å²) in [6.45, 7) is 11.0. The molecule has 1 aliphatic heterocycles. The maximum Gasteiger partial charge on any atom is 0.105 e. The van der Waals surface area contributed by atoms with Gasteiger partial charge >= 0.3 is 0 Å². The Morgan fingerprint density at radius 2 is 1.43 bits per heavy atom. The molecule has 0 spiro atoms. The Bertz CT molecular complexity index is 196. The van der Waals surface area contributed by atoms with Crippen molar-refractivity contribution in [3.8, 4) is 0 Å². The maximum atomic E-state index is 9.76. The molecular weight excluding hydrogens is 180 g/mol. The van der Waals surface area contributed by atoms with Crippen molar-refractivity contribution in [1.82, 2.24) is 9.96 Å². The summed E-state index contributed by atoms with van der Waals surface area (Å²) in [5.74, 6) is 0. The van der Waals surface area contributed by atoms with Crippen molar-refractivity contribution in [3.05, 3.63) is 0 Å². The molecule has 0 aromatic rings. The molecule has 0 aromatic heterocycles. The number of aliphatic hydroxyl groups is 1. The lowest BCUT2D eigenvalue weighted by Gasteiger charge is -2.55. The predicted molar refractivity (Wildman–Crippen MR) is 55.0 cm³/mol. The van der Waals surface area contributed by atoms with Crippen LogP contribution < -0.4 is 0 Å². The third kappa shape index (κ3) is 2.08. The average Bonchev–Trinajstić information content (AvgIpc) is 1.75. The summed E-state index contributed by atoms with van der Waals surface area (Å²) in [4.78, 5) is 2.05. The first-order chi connectivity index (χ1) is 6.17. The van der Waals surface area contributed by atoms with E-state index < -0.39 is 6.23 Å². The zero-order valence-corrected chi connectivity index (χ0v) is 9.78. The van der Waals surface area contributed by atoms with Crippen molar-refractivity contribution in [3.63, 3.8) is 0 Å². The first-order valence-corrected chi connectivity index (χ1v) is 5.08. The van der Waals surface area contributed by atoms with Crippen LogP contribution in [0.4, 0.5) is 0 Å². The lowest BCUT2D eigenvalue weighted by molar-refractivity contribution is -0.224. The summed E-state index contributed by atoms with van der Waals surface area (Å²) >= 11 is 0. The SMILES string of the molecule is CC(O)N1C(C)(C)CN(O)CC1(C)C. The quantitative estimate of drug-likeness (QED) is 0.663. The van der Waals surface area contributed by atoms with E-state index in [1.165, 1.54) is 5.06 Å². The second-order valence-corrected chi connectivity index (χ2v) is 5.45. The molecule has 4 nitrogen and oxygen atoms in total. The Hall–Kier alpha value is -0.160. The first kappa shape index (κ1) is 11.9. The van der Waals surface area contributed by atoms with Gasteiger partial charge in [-0.25, -0.2) is 0 Å². The lowest BCUT2D eigenvalue weighted by atomic mass is 9.88. The zero-order valence-electron chi connectivity index (χ0n) is 9.78. The second kappa shape index (κ2) is 3.45. The van der Waals surface area contributed by atoms with Crippen LogP contribution in [-0.4, -0.2) is 50.7 Å². The molecule has 1 atom stereocenters. The fourth-order valence-corrected chi connectivity index (χ4v) is 2.93. The van der Waals surface area contributed by atoms with Crippen LogP contribution in [0.1, 0.15) is 34.6 Å². The van der Waals surface area contributed by atoms with Crippen LogP contribution in [0.25, 0.3) is 0 Å². The van der Waals surface area contributed by atoms with E-state index in [2.05, 4.69) is 0 Å². The van der Waals surface area contributed by atoms with E-state index in [1.54, 1.807) is 6.92 Å². The number of hydrogen-bond donors (Lipinski definition) is 2. The Labute approximate surface area is 86.1 Å². The van der Waals surface area contributed by atoms with Gasteiger partial charge in [0.25, 0.3) is 0 Å². The van der Waals surface area contributed by atoms with Crippen LogP contribution in [0, 0.1) is 0 Å². The van der Waals surface area contributed by atoms with Crippen molar-refractivity contribution >= 4 is 0 Å². The van der Waals surface area contributed by atoms with E-state index in [0.29, 0.717) is 13.1 Å². The molecule has 14 heavy (non-hydrogen) atoms. The highest BCUT2D eigenvalue weighted by Gasteiger charge is 2.46. The van der Waals surface area contributed by atoms with Gasteiger partial charge in [-0.05, 0) is 34.6 Å². The van der Waals surface area contributed by atoms with Crippen molar-refractivity contribution in [2.75, 3.05) is 13.1 Å². The van der Waals surface area contributed by atoms with Gasteiger partial charge in [-0.15, -0.1) is 0 Å². The summed E-state index contributed by atoms with van der Waals surface area (Å²) in [6, 6.07) is 0. The minimum absolute atomic E-state index is 0.218. The number of piperazine rings is 1. The van der Waals surface area contributed by atoms with E-state index in [1.807, 2.05) is 32.6 Å². The molecule has 0 saturated carbocycles. The van der Waals surface area contributed by atoms with Crippen molar-refractivity contribution in [1.29, 1.82) is 0 Å². The number of nitrogens with zero attached hydrogens (tertiary/aromatic N) is 2. The lowest BCUT2D eigenvalue weighted by Crippen LogP contribution is -2.70. The molecule has 1 rings (SSSR count).